The van der Waals surface area contributed by atoms with Crippen LogP contribution >= 0.6 is 0 Å². The SMILES string of the molecule is Cc1cccnc1CS(=O)C(C)CN. The summed E-state index contributed by atoms with van der Waals surface area (Å²) in [6.07, 6.45) is 1.73. The van der Waals surface area contributed by atoms with Crippen LogP contribution in [-0.2, 0) is 16.6 Å². The third kappa shape index (κ3) is 2.89. The van der Waals surface area contributed by atoms with E-state index < -0.39 is 10.8 Å². The minimum absolute atomic E-state index is 0.0383. The van der Waals surface area contributed by atoms with Gasteiger partial charge in [0.15, 0.2) is 0 Å². The molecule has 0 radical (unpaired) electrons. The molecule has 1 rings (SSSR count). The molecule has 0 aliphatic heterocycles. The maximum atomic E-state index is 11.7. The molecule has 0 fully saturated rings. The summed E-state index contributed by atoms with van der Waals surface area (Å²) in [4.78, 5) is 4.20. The van der Waals surface area contributed by atoms with Crippen LogP contribution in [0.3, 0.4) is 0 Å². The first-order valence-corrected chi connectivity index (χ1v) is 6.01. The number of nitrogens with zero attached hydrogens (tertiary/aromatic N) is 1. The van der Waals surface area contributed by atoms with Crippen LogP contribution < -0.4 is 5.73 Å². The van der Waals surface area contributed by atoms with Crippen LogP contribution in [-0.4, -0.2) is 21.0 Å². The van der Waals surface area contributed by atoms with Gasteiger partial charge in [-0.05, 0) is 25.5 Å². The van der Waals surface area contributed by atoms with Crippen LogP contribution in [0.1, 0.15) is 18.2 Å². The van der Waals surface area contributed by atoms with Crippen LogP contribution in [0.2, 0.25) is 0 Å². The number of hydrogen-bond donors (Lipinski definition) is 1. The highest BCUT2D eigenvalue weighted by Gasteiger charge is 2.11. The van der Waals surface area contributed by atoms with E-state index in [1.807, 2.05) is 26.0 Å². The zero-order valence-corrected chi connectivity index (χ0v) is 9.38. The van der Waals surface area contributed by atoms with Crippen molar-refractivity contribution in [3.05, 3.63) is 29.6 Å². The summed E-state index contributed by atoms with van der Waals surface area (Å²) in [6.45, 7) is 4.33. The van der Waals surface area contributed by atoms with Crippen molar-refractivity contribution in [3.8, 4) is 0 Å². The molecule has 1 aromatic rings. The number of aromatic nitrogens is 1. The van der Waals surface area contributed by atoms with Crippen molar-refractivity contribution in [3.63, 3.8) is 0 Å². The summed E-state index contributed by atoms with van der Waals surface area (Å²) in [5.74, 6) is 0.505. The van der Waals surface area contributed by atoms with Crippen LogP contribution in [0, 0.1) is 6.92 Å². The highest BCUT2D eigenvalue weighted by molar-refractivity contribution is 7.84. The number of aryl methyl sites for hydroxylation is 1. The molecule has 78 valence electrons. The summed E-state index contributed by atoms with van der Waals surface area (Å²) in [5, 5.41) is 0.0383. The van der Waals surface area contributed by atoms with E-state index >= 15 is 0 Å². The number of rotatable bonds is 4. The lowest BCUT2D eigenvalue weighted by Crippen LogP contribution is -2.23. The molecule has 14 heavy (non-hydrogen) atoms. The molecular formula is C10H16N2OS. The van der Waals surface area contributed by atoms with Crippen molar-refractivity contribution >= 4 is 10.8 Å². The second-order valence-electron chi connectivity index (χ2n) is 3.34. The molecule has 0 aliphatic carbocycles. The molecule has 2 N–H and O–H groups in total. The minimum Gasteiger partial charge on any atom is -0.329 e. The zero-order valence-electron chi connectivity index (χ0n) is 8.56. The molecule has 0 saturated heterocycles. The molecule has 1 heterocycles. The van der Waals surface area contributed by atoms with Gasteiger partial charge in [0.2, 0.25) is 0 Å². The monoisotopic (exact) mass is 212 g/mol. The van der Waals surface area contributed by atoms with Crippen molar-refractivity contribution in [2.24, 2.45) is 5.73 Å². The highest BCUT2D eigenvalue weighted by Crippen LogP contribution is 2.08. The Bertz CT molecular complexity index is 328. The zero-order chi connectivity index (χ0) is 10.6. The smallest absolute Gasteiger partial charge is 0.0664 e. The number of nitrogens with two attached hydrogens (primary N) is 1. The van der Waals surface area contributed by atoms with Crippen LogP contribution in [0.25, 0.3) is 0 Å². The van der Waals surface area contributed by atoms with Crippen molar-refractivity contribution < 1.29 is 4.21 Å². The topological polar surface area (TPSA) is 56.0 Å². The first-order valence-electron chi connectivity index (χ1n) is 4.63. The largest absolute Gasteiger partial charge is 0.329 e. The van der Waals surface area contributed by atoms with Gasteiger partial charge in [0.25, 0.3) is 0 Å². The predicted molar refractivity (Wildman–Crippen MR) is 59.3 cm³/mol. The molecule has 1 aromatic heterocycles. The van der Waals surface area contributed by atoms with Gasteiger partial charge >= 0.3 is 0 Å². The summed E-state index contributed by atoms with van der Waals surface area (Å²) in [7, 11) is -0.914. The van der Waals surface area contributed by atoms with Crippen LogP contribution in [0.4, 0.5) is 0 Å². The molecule has 0 aromatic carbocycles. The summed E-state index contributed by atoms with van der Waals surface area (Å²) in [6, 6.07) is 3.86. The Morgan fingerprint density at radius 1 is 1.64 bits per heavy atom. The van der Waals surface area contributed by atoms with Crippen molar-refractivity contribution in [2.45, 2.75) is 24.9 Å². The third-order valence-corrected chi connectivity index (χ3v) is 3.83. The number of pyridine rings is 1. The lowest BCUT2D eigenvalue weighted by atomic mass is 10.2. The first-order chi connectivity index (χ1) is 6.65. The highest BCUT2D eigenvalue weighted by atomic mass is 32.2. The van der Waals surface area contributed by atoms with Gasteiger partial charge in [-0.3, -0.25) is 9.19 Å². The minimum atomic E-state index is -0.914. The van der Waals surface area contributed by atoms with E-state index in [1.165, 1.54) is 0 Å². The van der Waals surface area contributed by atoms with E-state index in [0.717, 1.165) is 11.3 Å². The van der Waals surface area contributed by atoms with E-state index in [0.29, 0.717) is 12.3 Å². The van der Waals surface area contributed by atoms with Gasteiger partial charge in [0, 0.05) is 28.8 Å². The normalized spacial score (nSPS) is 15.1. The number of hydrogen-bond acceptors (Lipinski definition) is 3. The molecule has 2 unspecified atom stereocenters. The Morgan fingerprint density at radius 3 is 2.93 bits per heavy atom. The molecule has 0 saturated carbocycles. The molecule has 0 amide bonds. The Labute approximate surface area is 87.2 Å². The van der Waals surface area contributed by atoms with Crippen LogP contribution in [0.5, 0.6) is 0 Å². The van der Waals surface area contributed by atoms with E-state index in [-0.39, 0.29) is 5.25 Å². The average Bonchev–Trinajstić information content (AvgIpc) is 2.20. The van der Waals surface area contributed by atoms with E-state index in [2.05, 4.69) is 4.98 Å². The lowest BCUT2D eigenvalue weighted by molar-refractivity contribution is 0.672. The van der Waals surface area contributed by atoms with Crippen molar-refractivity contribution in [2.75, 3.05) is 6.54 Å². The fraction of sp³-hybridized carbons (Fsp3) is 0.500. The van der Waals surface area contributed by atoms with E-state index in [9.17, 15) is 4.21 Å². The average molecular weight is 212 g/mol. The Kier molecular flexibility index (Phi) is 4.22. The summed E-state index contributed by atoms with van der Waals surface area (Å²) >= 11 is 0. The molecule has 3 nitrogen and oxygen atoms in total. The van der Waals surface area contributed by atoms with E-state index in [1.54, 1.807) is 6.20 Å². The Balaban J connectivity index is 2.70. The first kappa shape index (κ1) is 11.3. The van der Waals surface area contributed by atoms with Crippen molar-refractivity contribution in [1.29, 1.82) is 0 Å². The standard InChI is InChI=1S/C10H16N2OS/c1-8-4-3-5-12-10(8)7-14(13)9(2)6-11/h3-5,9H,6-7,11H2,1-2H3. The fourth-order valence-electron chi connectivity index (χ4n) is 1.05. The molecule has 4 heteroatoms. The summed E-state index contributed by atoms with van der Waals surface area (Å²) < 4.78 is 11.7. The second-order valence-corrected chi connectivity index (χ2v) is 5.19. The third-order valence-electron chi connectivity index (χ3n) is 2.18. The summed E-state index contributed by atoms with van der Waals surface area (Å²) in [5.41, 5.74) is 7.45. The maximum Gasteiger partial charge on any atom is 0.0664 e. The van der Waals surface area contributed by atoms with Gasteiger partial charge in [0.05, 0.1) is 11.4 Å². The second kappa shape index (κ2) is 5.22. The maximum absolute atomic E-state index is 11.7. The van der Waals surface area contributed by atoms with E-state index in [4.69, 9.17) is 5.73 Å². The Morgan fingerprint density at radius 2 is 2.36 bits per heavy atom. The lowest BCUT2D eigenvalue weighted by Gasteiger charge is -2.09. The van der Waals surface area contributed by atoms with Gasteiger partial charge in [-0.25, -0.2) is 0 Å². The van der Waals surface area contributed by atoms with Crippen molar-refractivity contribution in [1.82, 2.24) is 4.98 Å². The molecule has 0 bridgehead atoms. The molecule has 0 spiro atoms. The Hall–Kier alpha value is -0.740. The van der Waals surface area contributed by atoms with Gasteiger partial charge in [-0.2, -0.15) is 0 Å². The van der Waals surface area contributed by atoms with Gasteiger partial charge in [-0.15, -0.1) is 0 Å². The van der Waals surface area contributed by atoms with Gasteiger partial charge in [0.1, 0.15) is 0 Å². The van der Waals surface area contributed by atoms with Crippen LogP contribution in [0.15, 0.2) is 18.3 Å². The predicted octanol–water partition coefficient (Wildman–Crippen LogP) is 0.986. The molecule has 2 atom stereocenters. The quantitative estimate of drug-likeness (QED) is 0.809. The molecular weight excluding hydrogens is 196 g/mol. The van der Waals surface area contributed by atoms with Gasteiger partial charge < -0.3 is 5.73 Å². The fourth-order valence-corrected chi connectivity index (χ4v) is 2.12. The molecule has 0 aliphatic rings. The van der Waals surface area contributed by atoms with Gasteiger partial charge in [-0.1, -0.05) is 6.07 Å².